The fraction of sp³-hybridized carbons (Fsp3) is 0.438. The SMILES string of the molecule is C=Cc1nc(N2CC(C)C(F)(F)C2)ccc1CN=C.C=NC. The first-order valence-corrected chi connectivity index (χ1v) is 6.92. The van der Waals surface area contributed by atoms with Crippen LogP contribution in [0.15, 0.2) is 28.7 Å². The molecule has 1 aromatic heterocycles. The molecule has 0 radical (unpaired) electrons. The van der Waals surface area contributed by atoms with Crippen LogP contribution in [-0.4, -0.2) is 44.5 Å². The van der Waals surface area contributed by atoms with Crippen molar-refractivity contribution >= 4 is 25.3 Å². The summed E-state index contributed by atoms with van der Waals surface area (Å²) in [6, 6.07) is 3.59. The van der Waals surface area contributed by atoms with Gasteiger partial charge in [-0.15, -0.1) is 0 Å². The fourth-order valence-corrected chi connectivity index (χ4v) is 2.21. The standard InChI is InChI=1S/C14H17F2N3.C2H5N/c1-4-12-11(7-17-3)5-6-13(18-12)19-8-10(2)14(15,16)9-19;1-3-2/h4-6,10H,1,3,7-9H2,2H3;1H2,2H3. The molecule has 22 heavy (non-hydrogen) atoms. The molecule has 0 N–H and O–H groups in total. The summed E-state index contributed by atoms with van der Waals surface area (Å²) in [5, 5.41) is 0. The molecule has 1 unspecified atom stereocenters. The minimum Gasteiger partial charge on any atom is -0.350 e. The first-order chi connectivity index (χ1) is 10.4. The highest BCUT2D eigenvalue weighted by atomic mass is 19.3. The number of aliphatic imine (C=N–C) groups is 2. The molecule has 1 fully saturated rings. The van der Waals surface area contributed by atoms with Crippen LogP contribution in [0.25, 0.3) is 6.08 Å². The Morgan fingerprint density at radius 3 is 2.55 bits per heavy atom. The van der Waals surface area contributed by atoms with Crippen LogP contribution in [0.3, 0.4) is 0 Å². The summed E-state index contributed by atoms with van der Waals surface area (Å²) in [6.07, 6.45) is 1.61. The van der Waals surface area contributed by atoms with Crippen LogP contribution in [0.1, 0.15) is 18.2 Å². The van der Waals surface area contributed by atoms with Crippen LogP contribution >= 0.6 is 0 Å². The first kappa shape index (κ1) is 17.9. The predicted octanol–water partition coefficient (Wildman–Crippen LogP) is 3.33. The van der Waals surface area contributed by atoms with Gasteiger partial charge in [0.1, 0.15) is 5.82 Å². The average molecular weight is 308 g/mol. The van der Waals surface area contributed by atoms with E-state index in [-0.39, 0.29) is 6.54 Å². The quantitative estimate of drug-likeness (QED) is 0.801. The van der Waals surface area contributed by atoms with Crippen molar-refractivity contribution in [2.45, 2.75) is 19.4 Å². The summed E-state index contributed by atoms with van der Waals surface area (Å²) < 4.78 is 27.1. The van der Waals surface area contributed by atoms with Crippen molar-refractivity contribution in [1.29, 1.82) is 0 Å². The molecule has 1 aliphatic heterocycles. The molecule has 4 nitrogen and oxygen atoms in total. The molecule has 0 aromatic carbocycles. The van der Waals surface area contributed by atoms with E-state index in [4.69, 9.17) is 0 Å². The Morgan fingerprint density at radius 1 is 1.45 bits per heavy atom. The Bertz CT molecular complexity index is 543. The summed E-state index contributed by atoms with van der Waals surface area (Å²) in [7, 11) is 1.64. The van der Waals surface area contributed by atoms with Gasteiger partial charge in [-0.05, 0) is 31.1 Å². The van der Waals surface area contributed by atoms with E-state index in [2.05, 4.69) is 35.0 Å². The van der Waals surface area contributed by atoms with E-state index in [0.29, 0.717) is 24.6 Å². The van der Waals surface area contributed by atoms with Crippen molar-refractivity contribution in [3.8, 4) is 0 Å². The third-order valence-electron chi connectivity index (χ3n) is 3.41. The molecular formula is C16H22F2N4. The van der Waals surface area contributed by atoms with Gasteiger partial charge in [0.15, 0.2) is 0 Å². The summed E-state index contributed by atoms with van der Waals surface area (Å²) in [5.41, 5.74) is 1.57. The molecule has 2 heterocycles. The van der Waals surface area contributed by atoms with Crippen LogP contribution in [0, 0.1) is 5.92 Å². The summed E-state index contributed by atoms with van der Waals surface area (Å²) in [4.78, 5) is 13.0. The third kappa shape index (κ3) is 4.19. The molecule has 0 amide bonds. The van der Waals surface area contributed by atoms with Crippen molar-refractivity contribution < 1.29 is 8.78 Å². The highest BCUT2D eigenvalue weighted by Crippen LogP contribution is 2.35. The van der Waals surface area contributed by atoms with Gasteiger partial charge in [0.05, 0.1) is 18.8 Å². The highest BCUT2D eigenvalue weighted by molar-refractivity contribution is 5.53. The third-order valence-corrected chi connectivity index (χ3v) is 3.41. The number of pyridine rings is 1. The van der Waals surface area contributed by atoms with E-state index < -0.39 is 11.8 Å². The summed E-state index contributed by atoms with van der Waals surface area (Å²) >= 11 is 0. The van der Waals surface area contributed by atoms with Crippen LogP contribution in [0.4, 0.5) is 14.6 Å². The number of halogens is 2. The molecule has 0 spiro atoms. The Hall–Kier alpha value is -2.11. The van der Waals surface area contributed by atoms with Crippen LogP contribution in [0.5, 0.6) is 0 Å². The zero-order valence-corrected chi connectivity index (χ0v) is 13.1. The Kier molecular flexibility index (Phi) is 6.34. The zero-order valence-electron chi connectivity index (χ0n) is 13.1. The van der Waals surface area contributed by atoms with E-state index >= 15 is 0 Å². The predicted molar refractivity (Wildman–Crippen MR) is 89.4 cm³/mol. The normalized spacial score (nSPS) is 19.1. The Morgan fingerprint density at radius 2 is 2.09 bits per heavy atom. The van der Waals surface area contributed by atoms with Crippen molar-refractivity contribution in [3.63, 3.8) is 0 Å². The van der Waals surface area contributed by atoms with Gasteiger partial charge < -0.3 is 9.89 Å². The van der Waals surface area contributed by atoms with Gasteiger partial charge in [-0.3, -0.25) is 4.99 Å². The number of anilines is 1. The van der Waals surface area contributed by atoms with E-state index in [9.17, 15) is 8.78 Å². The van der Waals surface area contributed by atoms with Gasteiger partial charge in [0.2, 0.25) is 0 Å². The summed E-state index contributed by atoms with van der Waals surface area (Å²) in [6.45, 7) is 12.3. The van der Waals surface area contributed by atoms with Gasteiger partial charge in [-0.25, -0.2) is 13.8 Å². The van der Waals surface area contributed by atoms with Gasteiger partial charge in [-0.1, -0.05) is 19.6 Å². The monoisotopic (exact) mass is 308 g/mol. The van der Waals surface area contributed by atoms with Crippen molar-refractivity contribution in [2.75, 3.05) is 25.0 Å². The zero-order chi connectivity index (χ0) is 16.8. The second kappa shape index (κ2) is 7.77. The van der Waals surface area contributed by atoms with E-state index in [1.165, 1.54) is 0 Å². The van der Waals surface area contributed by atoms with E-state index in [0.717, 1.165) is 5.56 Å². The molecule has 0 bridgehead atoms. The number of hydrogen-bond acceptors (Lipinski definition) is 4. The average Bonchev–Trinajstić information content (AvgIpc) is 2.74. The molecule has 120 valence electrons. The number of aromatic nitrogens is 1. The molecule has 2 rings (SSSR count). The van der Waals surface area contributed by atoms with Crippen molar-refractivity contribution in [1.82, 2.24) is 4.98 Å². The largest absolute Gasteiger partial charge is 0.350 e. The minimum absolute atomic E-state index is 0.281. The van der Waals surface area contributed by atoms with Crippen LogP contribution < -0.4 is 4.90 Å². The molecule has 1 aliphatic rings. The maximum atomic E-state index is 13.5. The number of alkyl halides is 2. The Labute approximate surface area is 130 Å². The Balaban J connectivity index is 0.000000745. The lowest BCUT2D eigenvalue weighted by Crippen LogP contribution is -2.27. The van der Waals surface area contributed by atoms with E-state index in [1.54, 1.807) is 31.0 Å². The second-order valence-electron chi connectivity index (χ2n) is 5.16. The molecule has 0 aliphatic carbocycles. The topological polar surface area (TPSA) is 40.9 Å². The molecular weight excluding hydrogens is 286 g/mol. The smallest absolute Gasteiger partial charge is 0.269 e. The second-order valence-corrected chi connectivity index (χ2v) is 5.16. The van der Waals surface area contributed by atoms with Crippen molar-refractivity contribution in [2.24, 2.45) is 15.9 Å². The maximum absolute atomic E-state index is 13.5. The lowest BCUT2D eigenvalue weighted by atomic mass is 10.1. The lowest BCUT2D eigenvalue weighted by Gasteiger charge is -2.18. The van der Waals surface area contributed by atoms with Gasteiger partial charge in [0.25, 0.3) is 5.92 Å². The van der Waals surface area contributed by atoms with Crippen LogP contribution in [-0.2, 0) is 6.54 Å². The summed E-state index contributed by atoms with van der Waals surface area (Å²) in [5.74, 6) is -2.75. The molecule has 1 atom stereocenters. The van der Waals surface area contributed by atoms with Gasteiger partial charge in [-0.2, -0.15) is 0 Å². The van der Waals surface area contributed by atoms with Gasteiger partial charge >= 0.3 is 0 Å². The van der Waals surface area contributed by atoms with Crippen molar-refractivity contribution in [3.05, 3.63) is 30.0 Å². The number of rotatable bonds is 4. The van der Waals surface area contributed by atoms with Crippen LogP contribution in [0.2, 0.25) is 0 Å². The number of nitrogens with zero attached hydrogens (tertiary/aromatic N) is 4. The molecule has 1 saturated heterocycles. The first-order valence-electron chi connectivity index (χ1n) is 6.92. The minimum atomic E-state index is -2.66. The highest BCUT2D eigenvalue weighted by Gasteiger charge is 2.45. The molecule has 6 heteroatoms. The lowest BCUT2D eigenvalue weighted by molar-refractivity contribution is -0.0137. The van der Waals surface area contributed by atoms with Gasteiger partial charge in [0, 0.05) is 19.5 Å². The molecule has 0 saturated carbocycles. The maximum Gasteiger partial charge on any atom is 0.269 e. The number of hydrogen-bond donors (Lipinski definition) is 0. The fourth-order valence-electron chi connectivity index (χ4n) is 2.21. The van der Waals surface area contributed by atoms with E-state index in [1.807, 2.05) is 6.07 Å². The molecule has 1 aromatic rings.